The highest BCUT2D eigenvalue weighted by Crippen LogP contribution is 2.54. The average molecular weight is 289 g/mol. The molecule has 0 radical (unpaired) electrons. The van der Waals surface area contributed by atoms with Gasteiger partial charge in [0.15, 0.2) is 0 Å². The van der Waals surface area contributed by atoms with Crippen LogP contribution in [0.2, 0.25) is 0 Å². The van der Waals surface area contributed by atoms with Crippen molar-refractivity contribution >= 4 is 16.0 Å². The molecule has 0 aliphatic heterocycles. The van der Waals surface area contributed by atoms with E-state index in [2.05, 4.69) is 4.72 Å². The Balaban J connectivity index is 2.00. The Morgan fingerprint density at radius 3 is 2.47 bits per heavy atom. The maximum atomic E-state index is 12.2. The minimum Gasteiger partial charge on any atom is -0.480 e. The van der Waals surface area contributed by atoms with Gasteiger partial charge in [0, 0.05) is 0 Å². The molecule has 0 aromatic heterocycles. The number of sulfonamides is 1. The zero-order valence-electron chi connectivity index (χ0n) is 11.4. The smallest absolute Gasteiger partial charge is 0.321 e. The third kappa shape index (κ3) is 3.48. The van der Waals surface area contributed by atoms with Crippen molar-refractivity contribution < 1.29 is 18.3 Å². The SMILES string of the molecule is CCCC(NS(=O)(=O)CC12CCC(CC1)C2)C(=O)O. The predicted molar refractivity (Wildman–Crippen MR) is 72.3 cm³/mol. The lowest BCUT2D eigenvalue weighted by molar-refractivity contribution is -0.139. The highest BCUT2D eigenvalue weighted by molar-refractivity contribution is 7.89. The highest BCUT2D eigenvalue weighted by Gasteiger charge is 2.47. The van der Waals surface area contributed by atoms with Gasteiger partial charge in [0.1, 0.15) is 6.04 Å². The van der Waals surface area contributed by atoms with Gasteiger partial charge in [-0.1, -0.05) is 13.3 Å². The van der Waals surface area contributed by atoms with Crippen LogP contribution in [-0.4, -0.2) is 31.3 Å². The van der Waals surface area contributed by atoms with E-state index in [1.54, 1.807) is 0 Å². The van der Waals surface area contributed by atoms with Crippen molar-refractivity contribution in [1.82, 2.24) is 4.72 Å². The molecule has 2 bridgehead atoms. The van der Waals surface area contributed by atoms with Crippen LogP contribution in [0.25, 0.3) is 0 Å². The quantitative estimate of drug-likeness (QED) is 0.747. The molecule has 19 heavy (non-hydrogen) atoms. The fraction of sp³-hybridized carbons (Fsp3) is 0.923. The summed E-state index contributed by atoms with van der Waals surface area (Å²) in [6.45, 7) is 1.85. The molecule has 2 aliphatic rings. The van der Waals surface area contributed by atoms with Gasteiger partial charge in [-0.05, 0) is 49.9 Å². The van der Waals surface area contributed by atoms with Gasteiger partial charge in [-0.25, -0.2) is 13.1 Å². The van der Waals surface area contributed by atoms with E-state index < -0.39 is 22.0 Å². The van der Waals surface area contributed by atoms with Gasteiger partial charge in [-0.3, -0.25) is 4.79 Å². The minimum atomic E-state index is -3.51. The summed E-state index contributed by atoms with van der Waals surface area (Å²) in [4.78, 5) is 11.0. The second-order valence-corrected chi connectivity index (χ2v) is 7.96. The van der Waals surface area contributed by atoms with Crippen LogP contribution in [0.1, 0.15) is 51.9 Å². The van der Waals surface area contributed by atoms with Gasteiger partial charge in [0.25, 0.3) is 0 Å². The summed E-state index contributed by atoms with van der Waals surface area (Å²) in [5, 5.41) is 9.03. The lowest BCUT2D eigenvalue weighted by Crippen LogP contribution is -2.44. The maximum absolute atomic E-state index is 12.2. The number of aliphatic carboxylic acids is 1. The normalized spacial score (nSPS) is 31.5. The molecular weight excluding hydrogens is 266 g/mol. The van der Waals surface area contributed by atoms with Crippen LogP contribution in [-0.2, 0) is 14.8 Å². The maximum Gasteiger partial charge on any atom is 0.321 e. The number of carboxylic acid groups (broad SMARTS) is 1. The van der Waals surface area contributed by atoms with Crippen molar-refractivity contribution in [2.75, 3.05) is 5.75 Å². The first kappa shape index (κ1) is 14.8. The van der Waals surface area contributed by atoms with E-state index in [9.17, 15) is 13.2 Å². The molecular formula is C13H23NO4S. The second-order valence-electron chi connectivity index (χ2n) is 6.20. The van der Waals surface area contributed by atoms with Crippen LogP contribution in [0.5, 0.6) is 0 Å². The standard InChI is InChI=1S/C13H23NO4S/c1-2-3-11(12(15)16)14-19(17,18)9-13-6-4-10(8-13)5-7-13/h10-11,14H,2-9H2,1H3,(H,15,16). The lowest BCUT2D eigenvalue weighted by Gasteiger charge is -2.27. The van der Waals surface area contributed by atoms with Crippen molar-refractivity contribution in [3.63, 3.8) is 0 Å². The number of fused-ring (bicyclic) bond motifs is 2. The predicted octanol–water partition coefficient (Wildman–Crippen LogP) is 1.74. The molecule has 0 aromatic carbocycles. The number of hydrogen-bond donors (Lipinski definition) is 2. The first-order valence-corrected chi connectivity index (χ1v) is 8.74. The Bertz CT molecular complexity index is 438. The molecule has 1 unspecified atom stereocenters. The second kappa shape index (κ2) is 5.40. The molecule has 2 N–H and O–H groups in total. The molecule has 5 nitrogen and oxygen atoms in total. The zero-order valence-corrected chi connectivity index (χ0v) is 12.2. The third-order valence-electron chi connectivity index (χ3n) is 4.58. The van der Waals surface area contributed by atoms with Gasteiger partial charge >= 0.3 is 5.97 Å². The molecule has 2 rings (SSSR count). The van der Waals surface area contributed by atoms with E-state index in [-0.39, 0.29) is 11.2 Å². The zero-order chi connectivity index (χ0) is 14.1. The molecule has 0 amide bonds. The first-order valence-electron chi connectivity index (χ1n) is 7.09. The third-order valence-corrected chi connectivity index (χ3v) is 6.22. The largest absolute Gasteiger partial charge is 0.480 e. The molecule has 2 saturated carbocycles. The van der Waals surface area contributed by atoms with Gasteiger partial charge in [0.2, 0.25) is 10.0 Å². The Morgan fingerprint density at radius 1 is 1.42 bits per heavy atom. The van der Waals surface area contributed by atoms with E-state index in [4.69, 9.17) is 5.11 Å². The summed E-state index contributed by atoms with van der Waals surface area (Å²) in [7, 11) is -3.51. The van der Waals surface area contributed by atoms with Gasteiger partial charge in [0.05, 0.1) is 5.75 Å². The average Bonchev–Trinajstić information content (AvgIpc) is 2.86. The van der Waals surface area contributed by atoms with Crippen LogP contribution in [0.4, 0.5) is 0 Å². The van der Waals surface area contributed by atoms with Crippen LogP contribution in [0, 0.1) is 11.3 Å². The van der Waals surface area contributed by atoms with E-state index in [0.29, 0.717) is 18.8 Å². The molecule has 0 heterocycles. The van der Waals surface area contributed by atoms with Crippen LogP contribution >= 0.6 is 0 Å². The van der Waals surface area contributed by atoms with Crippen molar-refractivity contribution in [3.8, 4) is 0 Å². The lowest BCUT2D eigenvalue weighted by atomic mass is 9.87. The molecule has 0 saturated heterocycles. The molecule has 2 aliphatic carbocycles. The minimum absolute atomic E-state index is 0.0776. The molecule has 1 atom stereocenters. The van der Waals surface area contributed by atoms with Crippen molar-refractivity contribution in [2.24, 2.45) is 11.3 Å². The summed E-state index contributed by atoms with van der Waals surface area (Å²) in [5.41, 5.74) is -0.0776. The number of rotatable bonds is 7. The molecule has 110 valence electrons. The van der Waals surface area contributed by atoms with Gasteiger partial charge in [-0.15, -0.1) is 0 Å². The number of carboxylic acids is 1. The fourth-order valence-corrected chi connectivity index (χ4v) is 5.65. The van der Waals surface area contributed by atoms with Crippen LogP contribution in [0.3, 0.4) is 0 Å². The summed E-state index contributed by atoms with van der Waals surface area (Å²) in [5.74, 6) is -0.288. The van der Waals surface area contributed by atoms with Crippen molar-refractivity contribution in [2.45, 2.75) is 57.9 Å². The highest BCUT2D eigenvalue weighted by atomic mass is 32.2. The molecule has 6 heteroatoms. The summed E-state index contributed by atoms with van der Waals surface area (Å²) in [6, 6.07) is -0.981. The van der Waals surface area contributed by atoms with E-state index in [1.807, 2.05) is 6.92 Å². The van der Waals surface area contributed by atoms with E-state index in [1.165, 1.54) is 0 Å². The Hall–Kier alpha value is -0.620. The van der Waals surface area contributed by atoms with Gasteiger partial charge < -0.3 is 5.11 Å². The summed E-state index contributed by atoms with van der Waals surface area (Å²) in [6.07, 6.45) is 6.20. The summed E-state index contributed by atoms with van der Waals surface area (Å²) >= 11 is 0. The first-order chi connectivity index (χ1) is 8.86. The van der Waals surface area contributed by atoms with E-state index >= 15 is 0 Å². The summed E-state index contributed by atoms with van der Waals surface area (Å²) < 4.78 is 26.7. The number of nitrogens with one attached hydrogen (secondary N) is 1. The molecule has 0 aromatic rings. The topological polar surface area (TPSA) is 83.5 Å². The Labute approximate surface area is 114 Å². The van der Waals surface area contributed by atoms with Crippen molar-refractivity contribution in [3.05, 3.63) is 0 Å². The fourth-order valence-electron chi connectivity index (χ4n) is 3.70. The molecule has 2 fully saturated rings. The van der Waals surface area contributed by atoms with Gasteiger partial charge in [-0.2, -0.15) is 0 Å². The van der Waals surface area contributed by atoms with Crippen LogP contribution in [0.15, 0.2) is 0 Å². The van der Waals surface area contributed by atoms with E-state index in [0.717, 1.165) is 32.1 Å². The van der Waals surface area contributed by atoms with Crippen LogP contribution < -0.4 is 4.72 Å². The Kier molecular flexibility index (Phi) is 4.20. The molecule has 0 spiro atoms. The Morgan fingerprint density at radius 2 is 2.05 bits per heavy atom. The van der Waals surface area contributed by atoms with Crippen molar-refractivity contribution in [1.29, 1.82) is 0 Å². The number of hydrogen-bond acceptors (Lipinski definition) is 3. The number of carbonyl (C=O) groups is 1. The monoisotopic (exact) mass is 289 g/mol.